The third-order valence-electron chi connectivity index (χ3n) is 3.20. The van der Waals surface area contributed by atoms with Gasteiger partial charge in [-0.25, -0.2) is 18.1 Å². The van der Waals surface area contributed by atoms with Gasteiger partial charge in [-0.3, -0.25) is 4.79 Å². The number of carbonyl (C=O) groups excluding carboxylic acids is 2. The lowest BCUT2D eigenvalue weighted by atomic mass is 9.82. The van der Waals surface area contributed by atoms with Gasteiger partial charge in [0, 0.05) is 18.3 Å². The van der Waals surface area contributed by atoms with Crippen molar-refractivity contribution in [2.45, 2.75) is 59.5 Å². The Morgan fingerprint density at radius 3 is 2.08 bits per heavy atom. The second-order valence-electron chi connectivity index (χ2n) is 8.05. The molecule has 0 spiro atoms. The first-order chi connectivity index (χ1) is 11.1. The van der Waals surface area contributed by atoms with Gasteiger partial charge in [-0.15, -0.1) is 0 Å². The van der Waals surface area contributed by atoms with Crippen LogP contribution in [0.2, 0.25) is 0 Å². The number of amides is 3. The summed E-state index contributed by atoms with van der Waals surface area (Å²) < 4.78 is 23.1. The molecule has 0 aliphatic heterocycles. The van der Waals surface area contributed by atoms with Gasteiger partial charge in [-0.1, -0.05) is 20.8 Å². The number of nitriles is 1. The number of nitrogens with zero attached hydrogens (tertiary/aromatic N) is 2. The smallest absolute Gasteiger partial charge is 0.315 e. The molecule has 9 heteroatoms. The van der Waals surface area contributed by atoms with Crippen LogP contribution in [-0.2, 0) is 14.6 Å². The van der Waals surface area contributed by atoms with E-state index in [9.17, 15) is 18.0 Å². The van der Waals surface area contributed by atoms with E-state index in [-0.39, 0.29) is 12.0 Å². The Hall–Kier alpha value is -1.82. The fraction of sp³-hybridized carbons (Fsp3) is 0.812. The van der Waals surface area contributed by atoms with Gasteiger partial charge in [-0.05, 0) is 32.6 Å². The summed E-state index contributed by atoms with van der Waals surface area (Å²) in [5, 5.41) is 14.1. The summed E-state index contributed by atoms with van der Waals surface area (Å²) in [7, 11) is -3.54. The van der Waals surface area contributed by atoms with Crippen molar-refractivity contribution in [1.29, 1.82) is 5.26 Å². The molecule has 8 nitrogen and oxygen atoms in total. The topological polar surface area (TPSA) is 119 Å². The molecule has 0 saturated heterocycles. The lowest BCUT2D eigenvalue weighted by Gasteiger charge is -2.34. The standard InChI is InChI=1S/C16H30N4O4S/c1-8-20(11-17)13(21)12(9-25(7,23)24)18-14(22)19-16(5,6)10-15(2,3)4/h12H,8-10H2,1-7H3,(H2,18,19,22). The molecule has 25 heavy (non-hydrogen) atoms. The van der Waals surface area contributed by atoms with Crippen molar-refractivity contribution >= 4 is 21.8 Å². The number of carbonyl (C=O) groups is 2. The summed E-state index contributed by atoms with van der Waals surface area (Å²) in [5.74, 6) is -1.32. The van der Waals surface area contributed by atoms with Crippen LogP contribution in [0.4, 0.5) is 4.79 Å². The summed E-state index contributed by atoms with van der Waals surface area (Å²) in [5.41, 5.74) is -0.584. The number of hydrogen-bond acceptors (Lipinski definition) is 5. The van der Waals surface area contributed by atoms with Crippen molar-refractivity contribution < 1.29 is 18.0 Å². The van der Waals surface area contributed by atoms with Gasteiger partial charge in [0.2, 0.25) is 0 Å². The Labute approximate surface area is 150 Å². The molecule has 0 rings (SSSR count). The van der Waals surface area contributed by atoms with E-state index in [4.69, 9.17) is 5.26 Å². The number of sulfone groups is 1. The fourth-order valence-electron chi connectivity index (χ4n) is 2.81. The molecule has 0 aromatic carbocycles. The largest absolute Gasteiger partial charge is 0.333 e. The zero-order valence-electron chi connectivity index (χ0n) is 16.1. The summed E-state index contributed by atoms with van der Waals surface area (Å²) in [6.07, 6.45) is 3.34. The van der Waals surface area contributed by atoms with Gasteiger partial charge in [0.1, 0.15) is 15.9 Å². The minimum Gasteiger partial charge on any atom is -0.333 e. The maximum absolute atomic E-state index is 12.3. The number of nitrogens with one attached hydrogen (secondary N) is 2. The molecule has 0 radical (unpaired) electrons. The van der Waals surface area contributed by atoms with Crippen molar-refractivity contribution in [2.75, 3.05) is 18.6 Å². The zero-order chi connectivity index (χ0) is 20.1. The van der Waals surface area contributed by atoms with Crippen LogP contribution in [0.15, 0.2) is 0 Å². The van der Waals surface area contributed by atoms with Gasteiger partial charge < -0.3 is 10.6 Å². The maximum atomic E-state index is 12.3. The average Bonchev–Trinajstić information content (AvgIpc) is 2.33. The summed E-state index contributed by atoms with van der Waals surface area (Å²) >= 11 is 0. The lowest BCUT2D eigenvalue weighted by molar-refractivity contribution is -0.129. The second kappa shape index (κ2) is 8.52. The van der Waals surface area contributed by atoms with E-state index in [0.717, 1.165) is 11.2 Å². The Bertz CT molecular complexity index is 630. The predicted octanol–water partition coefficient (Wildman–Crippen LogP) is 1.24. The molecule has 144 valence electrons. The monoisotopic (exact) mass is 374 g/mol. The molecule has 0 heterocycles. The molecule has 1 atom stereocenters. The van der Waals surface area contributed by atoms with E-state index in [0.29, 0.717) is 6.42 Å². The van der Waals surface area contributed by atoms with Gasteiger partial charge >= 0.3 is 6.03 Å². The summed E-state index contributed by atoms with van der Waals surface area (Å²) in [6.45, 7) is 11.5. The van der Waals surface area contributed by atoms with Crippen molar-refractivity contribution in [3.8, 4) is 6.19 Å². The average molecular weight is 375 g/mol. The Balaban J connectivity index is 5.23. The molecule has 0 aliphatic carbocycles. The SMILES string of the molecule is CCN(C#N)C(=O)C(CS(C)(=O)=O)NC(=O)NC(C)(C)CC(C)(C)C. The van der Waals surface area contributed by atoms with Crippen LogP contribution < -0.4 is 10.6 Å². The molecule has 0 aromatic heterocycles. The Morgan fingerprint density at radius 2 is 1.72 bits per heavy atom. The predicted molar refractivity (Wildman–Crippen MR) is 96.3 cm³/mol. The molecule has 0 aliphatic rings. The number of hydrogen-bond donors (Lipinski definition) is 2. The molecule has 0 fully saturated rings. The Morgan fingerprint density at radius 1 is 1.20 bits per heavy atom. The van der Waals surface area contributed by atoms with E-state index in [1.807, 2.05) is 34.6 Å². The quantitative estimate of drug-likeness (QED) is 0.513. The third-order valence-corrected chi connectivity index (χ3v) is 4.14. The van der Waals surface area contributed by atoms with Crippen LogP contribution >= 0.6 is 0 Å². The van der Waals surface area contributed by atoms with Crippen LogP contribution in [-0.4, -0.2) is 55.4 Å². The van der Waals surface area contributed by atoms with Crippen LogP contribution in [0.5, 0.6) is 0 Å². The molecule has 0 aromatic rings. The van der Waals surface area contributed by atoms with Gasteiger partial charge in [0.15, 0.2) is 6.19 Å². The molecular weight excluding hydrogens is 344 g/mol. The second-order valence-corrected chi connectivity index (χ2v) is 10.2. The fourth-order valence-corrected chi connectivity index (χ4v) is 3.64. The van der Waals surface area contributed by atoms with Crippen LogP contribution in [0.1, 0.15) is 48.0 Å². The zero-order valence-corrected chi connectivity index (χ0v) is 17.0. The van der Waals surface area contributed by atoms with Gasteiger partial charge in [-0.2, -0.15) is 5.26 Å². The van der Waals surface area contributed by atoms with Crippen LogP contribution in [0.25, 0.3) is 0 Å². The first-order valence-electron chi connectivity index (χ1n) is 8.08. The molecule has 2 N–H and O–H groups in total. The van der Waals surface area contributed by atoms with Crippen molar-refractivity contribution in [1.82, 2.24) is 15.5 Å². The van der Waals surface area contributed by atoms with Gasteiger partial charge in [0.25, 0.3) is 5.91 Å². The minimum atomic E-state index is -3.54. The summed E-state index contributed by atoms with van der Waals surface area (Å²) in [4.78, 5) is 25.4. The van der Waals surface area contributed by atoms with E-state index < -0.39 is 39.1 Å². The lowest BCUT2D eigenvalue weighted by Crippen LogP contribution is -2.57. The third kappa shape index (κ3) is 9.92. The van der Waals surface area contributed by atoms with E-state index in [1.54, 1.807) is 13.1 Å². The molecule has 0 bridgehead atoms. The van der Waals surface area contributed by atoms with Crippen LogP contribution in [0.3, 0.4) is 0 Å². The highest BCUT2D eigenvalue weighted by Gasteiger charge is 2.31. The van der Waals surface area contributed by atoms with Gasteiger partial charge in [0.05, 0.1) is 5.75 Å². The number of urea groups is 1. The molecule has 3 amide bonds. The minimum absolute atomic E-state index is 0.0292. The molecule has 1 unspecified atom stereocenters. The van der Waals surface area contributed by atoms with E-state index in [2.05, 4.69) is 10.6 Å². The molecular formula is C16H30N4O4S. The van der Waals surface area contributed by atoms with Crippen molar-refractivity contribution in [3.63, 3.8) is 0 Å². The Kier molecular flexibility index (Phi) is 7.90. The first-order valence-corrected chi connectivity index (χ1v) is 10.1. The number of likely N-dealkylation sites (N-methyl/N-ethyl adjacent to an activating group) is 1. The van der Waals surface area contributed by atoms with E-state index in [1.165, 1.54) is 0 Å². The summed E-state index contributed by atoms with van der Waals surface area (Å²) in [6, 6.07) is -1.97. The van der Waals surface area contributed by atoms with E-state index >= 15 is 0 Å². The highest BCUT2D eigenvalue weighted by Crippen LogP contribution is 2.26. The number of rotatable bonds is 7. The van der Waals surface area contributed by atoms with Crippen LogP contribution in [0, 0.1) is 16.9 Å². The van der Waals surface area contributed by atoms with Crippen molar-refractivity contribution in [3.05, 3.63) is 0 Å². The normalized spacial score (nSPS) is 13.5. The maximum Gasteiger partial charge on any atom is 0.315 e. The highest BCUT2D eigenvalue weighted by molar-refractivity contribution is 7.90. The highest BCUT2D eigenvalue weighted by atomic mass is 32.2. The first kappa shape index (κ1) is 23.2. The molecule has 0 saturated carbocycles. The van der Waals surface area contributed by atoms with Crippen molar-refractivity contribution in [2.24, 2.45) is 5.41 Å².